The van der Waals surface area contributed by atoms with E-state index in [1.807, 2.05) is 0 Å². The average molecular weight is 417 g/mol. The van der Waals surface area contributed by atoms with E-state index < -0.39 is 10.9 Å². The highest BCUT2D eigenvalue weighted by Crippen LogP contribution is 2.35. The number of fused-ring (bicyclic) bond motifs is 1. The number of rotatable bonds is 3. The molecule has 0 atom stereocenters. The molecular weight excluding hydrogens is 407 g/mol. The highest BCUT2D eigenvalue weighted by molar-refractivity contribution is 7.16. The van der Waals surface area contributed by atoms with E-state index in [0.717, 1.165) is 16.9 Å². The first kappa shape index (κ1) is 17.8. The molecule has 134 valence electrons. The molecule has 0 saturated heterocycles. The lowest BCUT2D eigenvalue weighted by Crippen LogP contribution is -2.09. The SMILES string of the molecule is O=C(Oc1cc(-c2ccc(Cl)cc2)c2oc(=O)sc2c1)c1ccccc1Cl. The highest BCUT2D eigenvalue weighted by Gasteiger charge is 2.17. The van der Waals surface area contributed by atoms with Crippen LogP contribution in [0.4, 0.5) is 0 Å². The van der Waals surface area contributed by atoms with E-state index >= 15 is 0 Å². The number of carbonyl (C=O) groups is 1. The van der Waals surface area contributed by atoms with E-state index in [2.05, 4.69) is 0 Å². The summed E-state index contributed by atoms with van der Waals surface area (Å²) in [6.07, 6.45) is 0. The second kappa shape index (κ2) is 7.19. The average Bonchev–Trinajstić information content (AvgIpc) is 3.02. The Labute approximate surface area is 167 Å². The maximum atomic E-state index is 12.5. The van der Waals surface area contributed by atoms with Crippen molar-refractivity contribution in [2.75, 3.05) is 0 Å². The minimum absolute atomic E-state index is 0.257. The van der Waals surface area contributed by atoms with Crippen molar-refractivity contribution >= 4 is 50.8 Å². The van der Waals surface area contributed by atoms with Crippen molar-refractivity contribution in [1.82, 2.24) is 0 Å². The zero-order valence-electron chi connectivity index (χ0n) is 13.6. The van der Waals surface area contributed by atoms with Crippen LogP contribution in [-0.2, 0) is 0 Å². The van der Waals surface area contributed by atoms with Crippen molar-refractivity contribution in [2.45, 2.75) is 0 Å². The summed E-state index contributed by atoms with van der Waals surface area (Å²) in [4.78, 5) is 23.8. The number of halogens is 2. The minimum atomic E-state index is -0.585. The van der Waals surface area contributed by atoms with Crippen LogP contribution in [-0.4, -0.2) is 5.97 Å². The zero-order valence-corrected chi connectivity index (χ0v) is 15.9. The summed E-state index contributed by atoms with van der Waals surface area (Å²) < 4.78 is 11.4. The molecule has 27 heavy (non-hydrogen) atoms. The Morgan fingerprint density at radius 2 is 1.74 bits per heavy atom. The predicted octanol–water partition coefficient (Wildman–Crippen LogP) is 6.05. The molecule has 0 spiro atoms. The van der Waals surface area contributed by atoms with Gasteiger partial charge in [-0.15, -0.1) is 0 Å². The second-order valence-corrected chi connectivity index (χ2v) is 7.45. The first-order valence-electron chi connectivity index (χ1n) is 7.81. The molecular formula is C20H10Cl2O4S. The Balaban J connectivity index is 1.80. The number of ether oxygens (including phenoxy) is 1. The van der Waals surface area contributed by atoms with Crippen molar-refractivity contribution in [1.29, 1.82) is 0 Å². The molecule has 3 aromatic carbocycles. The molecule has 0 aliphatic rings. The third-order valence-electron chi connectivity index (χ3n) is 3.87. The first-order chi connectivity index (χ1) is 13.0. The van der Waals surface area contributed by atoms with Crippen LogP contribution in [0.25, 0.3) is 21.4 Å². The quantitative estimate of drug-likeness (QED) is 0.301. The molecule has 0 amide bonds. The van der Waals surface area contributed by atoms with E-state index in [0.29, 0.717) is 25.9 Å². The van der Waals surface area contributed by atoms with Gasteiger partial charge in [0.25, 0.3) is 0 Å². The number of hydrogen-bond donors (Lipinski definition) is 0. The summed E-state index contributed by atoms with van der Waals surface area (Å²) in [5.41, 5.74) is 2.10. The van der Waals surface area contributed by atoms with Crippen LogP contribution >= 0.6 is 34.5 Å². The van der Waals surface area contributed by atoms with Crippen molar-refractivity contribution < 1.29 is 13.9 Å². The van der Waals surface area contributed by atoms with Crippen LogP contribution in [0.2, 0.25) is 10.0 Å². The van der Waals surface area contributed by atoms with E-state index in [-0.39, 0.29) is 11.3 Å². The van der Waals surface area contributed by atoms with Gasteiger partial charge in [0.15, 0.2) is 5.58 Å². The van der Waals surface area contributed by atoms with Crippen LogP contribution in [0, 0.1) is 0 Å². The second-order valence-electron chi connectivity index (χ2n) is 5.63. The Morgan fingerprint density at radius 3 is 2.48 bits per heavy atom. The van der Waals surface area contributed by atoms with Gasteiger partial charge >= 0.3 is 10.9 Å². The fourth-order valence-corrected chi connectivity index (χ4v) is 3.71. The molecule has 4 aromatic rings. The van der Waals surface area contributed by atoms with Gasteiger partial charge in [0.2, 0.25) is 0 Å². The minimum Gasteiger partial charge on any atom is -0.423 e. The van der Waals surface area contributed by atoms with Crippen LogP contribution in [0.15, 0.2) is 69.9 Å². The van der Waals surface area contributed by atoms with Crippen LogP contribution < -0.4 is 9.68 Å². The summed E-state index contributed by atoms with van der Waals surface area (Å²) in [6.45, 7) is 0. The Morgan fingerprint density at radius 1 is 1.00 bits per heavy atom. The Hall–Kier alpha value is -2.60. The maximum Gasteiger partial charge on any atom is 0.396 e. The number of esters is 1. The lowest BCUT2D eigenvalue weighted by atomic mass is 10.0. The number of carbonyl (C=O) groups excluding carboxylic acids is 1. The molecule has 0 aliphatic heterocycles. The molecule has 0 fully saturated rings. The lowest BCUT2D eigenvalue weighted by molar-refractivity contribution is 0.0735. The molecule has 1 heterocycles. The third-order valence-corrected chi connectivity index (χ3v) is 5.22. The fraction of sp³-hybridized carbons (Fsp3) is 0. The normalized spacial score (nSPS) is 10.9. The summed E-state index contributed by atoms with van der Waals surface area (Å²) in [5, 5.41) is 0.887. The van der Waals surface area contributed by atoms with Gasteiger partial charge in [0, 0.05) is 16.7 Å². The number of benzene rings is 3. The molecule has 0 radical (unpaired) electrons. The van der Waals surface area contributed by atoms with Gasteiger partial charge in [-0.2, -0.15) is 0 Å². The van der Waals surface area contributed by atoms with Crippen molar-refractivity contribution in [2.24, 2.45) is 0 Å². The summed E-state index contributed by atoms with van der Waals surface area (Å²) in [6, 6.07) is 16.9. The van der Waals surface area contributed by atoms with E-state index in [1.165, 1.54) is 0 Å². The molecule has 0 unspecified atom stereocenters. The first-order valence-corrected chi connectivity index (χ1v) is 9.39. The topological polar surface area (TPSA) is 56.5 Å². The van der Waals surface area contributed by atoms with E-state index in [1.54, 1.807) is 60.7 Å². The van der Waals surface area contributed by atoms with Gasteiger partial charge in [0.1, 0.15) is 5.75 Å². The molecule has 1 aromatic heterocycles. The molecule has 0 N–H and O–H groups in total. The standard InChI is InChI=1S/C20H10Cl2O4S/c21-12-7-5-11(6-8-12)15-9-13(10-17-18(15)26-20(24)27-17)25-19(23)14-3-1-2-4-16(14)22/h1-10H. The Bertz CT molecular complexity index is 1210. The maximum absolute atomic E-state index is 12.5. The Kier molecular flexibility index (Phi) is 4.74. The van der Waals surface area contributed by atoms with Gasteiger partial charge in [0.05, 0.1) is 15.3 Å². The van der Waals surface area contributed by atoms with Crippen molar-refractivity contribution in [3.05, 3.63) is 86.0 Å². The molecule has 7 heteroatoms. The zero-order chi connectivity index (χ0) is 19.0. The van der Waals surface area contributed by atoms with Gasteiger partial charge < -0.3 is 9.15 Å². The molecule has 0 bridgehead atoms. The highest BCUT2D eigenvalue weighted by atomic mass is 35.5. The fourth-order valence-electron chi connectivity index (χ4n) is 2.64. The van der Waals surface area contributed by atoms with Gasteiger partial charge in [-0.1, -0.05) is 58.8 Å². The van der Waals surface area contributed by atoms with Gasteiger partial charge in [-0.25, -0.2) is 9.59 Å². The lowest BCUT2D eigenvalue weighted by Gasteiger charge is -2.09. The van der Waals surface area contributed by atoms with Crippen LogP contribution in [0.5, 0.6) is 5.75 Å². The van der Waals surface area contributed by atoms with Crippen LogP contribution in [0.3, 0.4) is 0 Å². The smallest absolute Gasteiger partial charge is 0.396 e. The van der Waals surface area contributed by atoms with Crippen LogP contribution in [0.1, 0.15) is 10.4 Å². The predicted molar refractivity (Wildman–Crippen MR) is 107 cm³/mol. The van der Waals surface area contributed by atoms with E-state index in [4.69, 9.17) is 32.4 Å². The molecule has 4 nitrogen and oxygen atoms in total. The van der Waals surface area contributed by atoms with E-state index in [9.17, 15) is 9.59 Å². The summed E-state index contributed by atoms with van der Waals surface area (Å²) in [7, 11) is 0. The van der Waals surface area contributed by atoms with Crippen molar-refractivity contribution in [3.63, 3.8) is 0 Å². The summed E-state index contributed by atoms with van der Waals surface area (Å²) >= 11 is 12.9. The molecule has 0 aliphatic carbocycles. The molecule has 4 rings (SSSR count). The largest absolute Gasteiger partial charge is 0.423 e. The number of hydrogen-bond acceptors (Lipinski definition) is 5. The van der Waals surface area contributed by atoms with Gasteiger partial charge in [-0.05, 0) is 35.9 Å². The van der Waals surface area contributed by atoms with Crippen molar-refractivity contribution in [3.8, 4) is 16.9 Å². The third kappa shape index (κ3) is 3.62. The summed E-state index contributed by atoms with van der Waals surface area (Å²) in [5.74, 6) is -0.299. The van der Waals surface area contributed by atoms with Gasteiger partial charge in [-0.3, -0.25) is 0 Å². The monoisotopic (exact) mass is 416 g/mol. The molecule has 0 saturated carbocycles.